The fourth-order valence-corrected chi connectivity index (χ4v) is 8.79. The Kier molecular flexibility index (Phi) is 13.1. The Hall–Kier alpha value is 0.920. The van der Waals surface area contributed by atoms with Gasteiger partial charge in [0.25, 0.3) is 0 Å². The topological polar surface area (TPSA) is 27.7 Å². The molecule has 2 aliphatic rings. The van der Waals surface area contributed by atoms with E-state index in [2.05, 4.69) is 142 Å². The second kappa shape index (κ2) is 15.6. The van der Waals surface area contributed by atoms with Gasteiger partial charge in [-0.25, -0.2) is 0 Å². The van der Waals surface area contributed by atoms with Crippen LogP contribution in [0.2, 0.25) is 0 Å². The number of rotatable bonds is 14. The summed E-state index contributed by atoms with van der Waals surface area (Å²) in [5.74, 6) is 4.25. The molecule has 0 aromatic heterocycles. The van der Waals surface area contributed by atoms with Crippen molar-refractivity contribution in [2.45, 2.75) is 90.6 Å². The van der Waals surface area contributed by atoms with Crippen molar-refractivity contribution >= 4 is 90.4 Å². The van der Waals surface area contributed by atoms with Crippen molar-refractivity contribution in [1.29, 1.82) is 0 Å². The quantitative estimate of drug-likeness (QED) is 0.139. The van der Waals surface area contributed by atoms with Gasteiger partial charge < -0.3 is 9.47 Å². The number of hydrogen-bond donors (Lipinski definition) is 0. The lowest BCUT2D eigenvalue weighted by Crippen LogP contribution is -2.31. The summed E-state index contributed by atoms with van der Waals surface area (Å²) >= 11 is 10.1. The molecule has 6 unspecified atom stereocenters. The minimum Gasteiger partial charge on any atom is -0.459 e. The van der Waals surface area contributed by atoms with E-state index in [9.17, 15) is 0 Å². The van der Waals surface area contributed by atoms with Crippen molar-refractivity contribution in [2.75, 3.05) is 17.7 Å². The maximum atomic E-state index is 6.62. The molecule has 4 rings (SSSR count). The van der Waals surface area contributed by atoms with Crippen LogP contribution in [-0.4, -0.2) is 17.7 Å². The lowest BCUT2D eigenvalue weighted by atomic mass is 9.81. The minimum atomic E-state index is -0.424. The first-order valence-corrected chi connectivity index (χ1v) is 20.4. The summed E-state index contributed by atoms with van der Waals surface area (Å²) in [6, 6.07) is 9.30. The van der Waals surface area contributed by atoms with E-state index in [1.807, 2.05) is 0 Å². The lowest BCUT2D eigenvalue weighted by Gasteiger charge is -2.40. The maximum absolute atomic E-state index is 6.62. The fraction of sp³-hybridized carbons (Fsp3) is 0.625. The molecule has 2 bridgehead atoms. The van der Waals surface area contributed by atoms with Crippen LogP contribution in [0.25, 0.3) is 0 Å². The molecule has 2 aliphatic heterocycles. The summed E-state index contributed by atoms with van der Waals surface area (Å²) in [7, 11) is 0. The maximum Gasteiger partial charge on any atom is 0.233 e. The molecular formula is C32H42I4O3. The van der Waals surface area contributed by atoms with E-state index in [1.165, 1.54) is 78.5 Å². The number of aryl methyl sites for hydroxylation is 2. The summed E-state index contributed by atoms with van der Waals surface area (Å²) in [5.41, 5.74) is 7.21. The number of ether oxygens (including phenoxy) is 3. The molecule has 0 saturated heterocycles. The van der Waals surface area contributed by atoms with Gasteiger partial charge in [0.05, 0.1) is 11.1 Å². The van der Waals surface area contributed by atoms with E-state index < -0.39 is 12.6 Å². The largest absolute Gasteiger partial charge is 0.459 e. The van der Waals surface area contributed by atoms with Crippen molar-refractivity contribution in [3.8, 4) is 11.5 Å². The Bertz CT molecular complexity index is 1020. The Morgan fingerprint density at radius 3 is 1.38 bits per heavy atom. The summed E-state index contributed by atoms with van der Waals surface area (Å²) in [6.45, 7) is 9.16. The van der Waals surface area contributed by atoms with Gasteiger partial charge in [0.1, 0.15) is 11.5 Å². The van der Waals surface area contributed by atoms with Crippen LogP contribution in [0.5, 0.6) is 11.5 Å². The van der Waals surface area contributed by atoms with Gasteiger partial charge in [-0.05, 0) is 128 Å². The number of benzene rings is 2. The third-order valence-corrected chi connectivity index (χ3v) is 11.5. The molecule has 2 aromatic rings. The predicted molar refractivity (Wildman–Crippen MR) is 197 cm³/mol. The third-order valence-electron chi connectivity index (χ3n) is 8.70. The highest BCUT2D eigenvalue weighted by Gasteiger charge is 2.40. The first-order valence-electron chi connectivity index (χ1n) is 14.3. The molecule has 2 aromatic carbocycles. The summed E-state index contributed by atoms with van der Waals surface area (Å²) in [5, 5.41) is 0. The van der Waals surface area contributed by atoms with Crippen LogP contribution >= 0.6 is 90.4 Å². The van der Waals surface area contributed by atoms with Gasteiger partial charge in [-0.1, -0.05) is 116 Å². The molecule has 0 N–H and O–H groups in total. The van der Waals surface area contributed by atoms with Gasteiger partial charge in [-0.3, -0.25) is 4.74 Å². The normalized spacial score (nSPS) is 20.7. The Labute approximate surface area is 290 Å². The first-order chi connectivity index (χ1) is 18.8. The number of halogens is 4. The number of alkyl halides is 4. The zero-order valence-corrected chi connectivity index (χ0v) is 32.2. The monoisotopic (exact) mass is 982 g/mol. The zero-order valence-electron chi connectivity index (χ0n) is 23.6. The number of fused-ring (bicyclic) bond motifs is 6. The van der Waals surface area contributed by atoms with Crippen molar-refractivity contribution in [3.63, 3.8) is 0 Å². The van der Waals surface area contributed by atoms with Crippen molar-refractivity contribution < 1.29 is 14.2 Å². The first kappa shape index (κ1) is 32.8. The highest BCUT2D eigenvalue weighted by molar-refractivity contribution is 14.1. The fourth-order valence-electron chi connectivity index (χ4n) is 6.31. The Morgan fingerprint density at radius 1 is 0.615 bits per heavy atom. The molecular weight excluding hydrogens is 940 g/mol. The van der Waals surface area contributed by atoms with E-state index in [0.717, 1.165) is 22.6 Å². The Balaban J connectivity index is 1.62. The number of hydrogen-bond acceptors (Lipinski definition) is 3. The van der Waals surface area contributed by atoms with E-state index in [0.29, 0.717) is 23.7 Å². The molecule has 3 nitrogen and oxygen atoms in total. The zero-order chi connectivity index (χ0) is 28.1. The molecule has 39 heavy (non-hydrogen) atoms. The molecule has 0 amide bonds. The van der Waals surface area contributed by atoms with Crippen LogP contribution in [0.15, 0.2) is 24.3 Å². The molecule has 6 atom stereocenters. The van der Waals surface area contributed by atoms with Crippen LogP contribution < -0.4 is 9.47 Å². The standard InChI is InChI=1S/C32H42I4O3/c1-19-15-25(21(3)23(9-13-35)7-5-11-33)17-27-29(19)37-32-28-18-26(16-20(2)30(28)38-31(27)39-32)22(4)24(10-14-36)8-6-12-34/h15-18,21-24,31-32H,5-14H2,1-4H3. The molecule has 0 fully saturated rings. The molecule has 2 heterocycles. The van der Waals surface area contributed by atoms with Gasteiger partial charge in [-0.2, -0.15) is 0 Å². The summed E-state index contributed by atoms with van der Waals surface area (Å²) < 4.78 is 24.5. The van der Waals surface area contributed by atoms with E-state index in [4.69, 9.17) is 14.2 Å². The van der Waals surface area contributed by atoms with Gasteiger partial charge >= 0.3 is 0 Å². The average molecular weight is 982 g/mol. The van der Waals surface area contributed by atoms with Crippen LogP contribution in [-0.2, 0) is 4.74 Å². The van der Waals surface area contributed by atoms with Gasteiger partial charge in [0, 0.05) is 0 Å². The molecule has 7 heteroatoms. The minimum absolute atomic E-state index is 0.424. The highest BCUT2D eigenvalue weighted by atomic mass is 127. The Morgan fingerprint density at radius 2 is 1.03 bits per heavy atom. The van der Waals surface area contributed by atoms with Crippen molar-refractivity contribution in [3.05, 3.63) is 57.6 Å². The smallest absolute Gasteiger partial charge is 0.233 e. The van der Waals surface area contributed by atoms with Crippen LogP contribution in [0, 0.1) is 25.7 Å². The van der Waals surface area contributed by atoms with Crippen LogP contribution in [0.3, 0.4) is 0 Å². The predicted octanol–water partition coefficient (Wildman–Crippen LogP) is 11.3. The summed E-state index contributed by atoms with van der Waals surface area (Å²) in [6.07, 6.45) is 6.79. The molecule has 0 radical (unpaired) electrons. The second-order valence-electron chi connectivity index (χ2n) is 11.3. The van der Waals surface area contributed by atoms with Gasteiger partial charge in [0.2, 0.25) is 12.6 Å². The van der Waals surface area contributed by atoms with Crippen LogP contribution in [0.1, 0.15) is 110 Å². The SMILES string of the molecule is Cc1cc(C(C)C(CCI)CCCI)cc2c1OC1OC2Oc2c(C)cc(C(C)C(CCI)CCCI)cc21. The molecule has 216 valence electrons. The summed E-state index contributed by atoms with van der Waals surface area (Å²) in [4.78, 5) is 0. The molecule has 0 spiro atoms. The van der Waals surface area contributed by atoms with Crippen molar-refractivity contribution in [2.24, 2.45) is 11.8 Å². The van der Waals surface area contributed by atoms with Gasteiger partial charge in [-0.15, -0.1) is 0 Å². The molecule has 0 saturated carbocycles. The van der Waals surface area contributed by atoms with E-state index in [1.54, 1.807) is 0 Å². The van der Waals surface area contributed by atoms with Crippen molar-refractivity contribution in [1.82, 2.24) is 0 Å². The lowest BCUT2D eigenvalue weighted by molar-refractivity contribution is -0.228. The van der Waals surface area contributed by atoms with E-state index in [-0.39, 0.29) is 0 Å². The third kappa shape index (κ3) is 7.72. The average Bonchev–Trinajstić information content (AvgIpc) is 2.93. The van der Waals surface area contributed by atoms with Gasteiger partial charge in [0.15, 0.2) is 0 Å². The second-order valence-corrected chi connectivity index (χ2v) is 15.6. The van der Waals surface area contributed by atoms with Crippen LogP contribution in [0.4, 0.5) is 0 Å². The highest BCUT2D eigenvalue weighted by Crippen LogP contribution is 2.51. The molecule has 0 aliphatic carbocycles. The van der Waals surface area contributed by atoms with E-state index >= 15 is 0 Å².